The molecule has 2 aromatic carbocycles. The van der Waals surface area contributed by atoms with Gasteiger partial charge in [0.1, 0.15) is 23.9 Å². The topological polar surface area (TPSA) is 59.6 Å². The van der Waals surface area contributed by atoms with Crippen LogP contribution in [0.1, 0.15) is 5.56 Å². The number of nitrogens with one attached hydrogen (secondary N) is 2. The predicted molar refractivity (Wildman–Crippen MR) is 90.1 cm³/mol. The molecule has 0 spiro atoms. The molecule has 0 unspecified atom stereocenters. The second-order valence-corrected chi connectivity index (χ2v) is 5.25. The van der Waals surface area contributed by atoms with E-state index in [0.717, 1.165) is 5.56 Å². The summed E-state index contributed by atoms with van der Waals surface area (Å²) in [5.74, 6) is 0.655. The quantitative estimate of drug-likeness (QED) is 0.751. The molecule has 0 aliphatic carbocycles. The van der Waals surface area contributed by atoms with Crippen LogP contribution < -0.4 is 20.1 Å². The van der Waals surface area contributed by atoms with Crippen molar-refractivity contribution >= 4 is 17.6 Å². The summed E-state index contributed by atoms with van der Waals surface area (Å²) in [6.45, 7) is 0.847. The summed E-state index contributed by atoms with van der Waals surface area (Å²) in [4.78, 5) is 11.7. The van der Waals surface area contributed by atoms with E-state index in [1.165, 1.54) is 18.2 Å². The van der Waals surface area contributed by atoms with Gasteiger partial charge in [-0.3, -0.25) is 0 Å². The fourth-order valence-corrected chi connectivity index (χ4v) is 2.23. The molecule has 0 heterocycles. The molecule has 0 atom stereocenters. The zero-order valence-corrected chi connectivity index (χ0v) is 13.9. The molecule has 2 aromatic rings. The van der Waals surface area contributed by atoms with Crippen molar-refractivity contribution in [3.05, 3.63) is 58.9 Å². The third-order valence-electron chi connectivity index (χ3n) is 3.17. The fourth-order valence-electron chi connectivity index (χ4n) is 2.00. The smallest absolute Gasteiger partial charge is 0.315 e. The highest BCUT2D eigenvalue weighted by Gasteiger charge is 2.05. The number of ether oxygens (including phenoxy) is 2. The molecule has 0 fully saturated rings. The Balaban J connectivity index is 1.70. The van der Waals surface area contributed by atoms with Crippen LogP contribution in [-0.4, -0.2) is 26.3 Å². The number of para-hydroxylation sites is 1. The molecule has 0 bridgehead atoms. The molecule has 0 radical (unpaired) electrons. The first kappa shape index (κ1) is 17.9. The van der Waals surface area contributed by atoms with Gasteiger partial charge in [0.05, 0.1) is 18.7 Å². The van der Waals surface area contributed by atoms with Crippen molar-refractivity contribution < 1.29 is 18.7 Å². The van der Waals surface area contributed by atoms with Crippen LogP contribution in [0.15, 0.2) is 42.5 Å². The Hall–Kier alpha value is -2.47. The molecule has 0 saturated carbocycles. The van der Waals surface area contributed by atoms with E-state index in [0.29, 0.717) is 18.0 Å². The van der Waals surface area contributed by atoms with Gasteiger partial charge in [0.15, 0.2) is 0 Å². The second-order valence-electron chi connectivity index (χ2n) is 4.84. The van der Waals surface area contributed by atoms with Crippen LogP contribution in [0.2, 0.25) is 5.02 Å². The van der Waals surface area contributed by atoms with Crippen LogP contribution in [0.4, 0.5) is 9.18 Å². The highest BCUT2D eigenvalue weighted by molar-refractivity contribution is 6.32. The van der Waals surface area contributed by atoms with Crippen LogP contribution in [0.25, 0.3) is 0 Å². The number of halogens is 2. The zero-order chi connectivity index (χ0) is 17.4. The summed E-state index contributed by atoms with van der Waals surface area (Å²) >= 11 is 5.84. The number of hydrogen-bond acceptors (Lipinski definition) is 3. The van der Waals surface area contributed by atoms with E-state index in [1.807, 2.05) is 24.3 Å². The molecule has 7 heteroatoms. The maximum atomic E-state index is 12.9. The van der Waals surface area contributed by atoms with E-state index >= 15 is 0 Å². The minimum absolute atomic E-state index is 0.190. The average molecular weight is 353 g/mol. The Labute approximate surface area is 144 Å². The SMILES string of the molecule is COc1ccccc1CNC(=O)NCCOc1ccc(F)cc1Cl. The maximum absolute atomic E-state index is 12.9. The Kier molecular flexibility index (Phi) is 6.69. The van der Waals surface area contributed by atoms with Crippen molar-refractivity contribution in [3.63, 3.8) is 0 Å². The van der Waals surface area contributed by atoms with E-state index in [1.54, 1.807) is 7.11 Å². The monoisotopic (exact) mass is 352 g/mol. The number of methoxy groups -OCH3 is 1. The lowest BCUT2D eigenvalue weighted by Crippen LogP contribution is -2.37. The first-order valence-corrected chi connectivity index (χ1v) is 7.69. The Morgan fingerprint density at radius 3 is 2.71 bits per heavy atom. The summed E-state index contributed by atoms with van der Waals surface area (Å²) in [5, 5.41) is 5.58. The van der Waals surface area contributed by atoms with Crippen LogP contribution in [-0.2, 0) is 6.54 Å². The minimum Gasteiger partial charge on any atom is -0.496 e. The van der Waals surface area contributed by atoms with Crippen molar-refractivity contribution in [2.24, 2.45) is 0 Å². The summed E-state index contributed by atoms with van der Waals surface area (Å²) < 4.78 is 23.5. The van der Waals surface area contributed by atoms with E-state index in [-0.39, 0.29) is 24.2 Å². The number of urea groups is 1. The normalized spacial score (nSPS) is 10.1. The number of benzene rings is 2. The Morgan fingerprint density at radius 2 is 1.96 bits per heavy atom. The van der Waals surface area contributed by atoms with E-state index in [2.05, 4.69) is 10.6 Å². The fraction of sp³-hybridized carbons (Fsp3) is 0.235. The molecular formula is C17H18ClFN2O3. The number of hydrogen-bond donors (Lipinski definition) is 2. The van der Waals surface area contributed by atoms with Gasteiger partial charge < -0.3 is 20.1 Å². The van der Waals surface area contributed by atoms with Crippen molar-refractivity contribution in [2.75, 3.05) is 20.3 Å². The van der Waals surface area contributed by atoms with Gasteiger partial charge in [-0.2, -0.15) is 0 Å². The molecule has 2 N–H and O–H groups in total. The van der Waals surface area contributed by atoms with Crippen LogP contribution in [0, 0.1) is 5.82 Å². The average Bonchev–Trinajstić information content (AvgIpc) is 2.58. The van der Waals surface area contributed by atoms with Gasteiger partial charge in [-0.25, -0.2) is 9.18 Å². The van der Waals surface area contributed by atoms with Crippen molar-refractivity contribution in [2.45, 2.75) is 6.54 Å². The number of carbonyl (C=O) groups is 1. The number of amides is 2. The lowest BCUT2D eigenvalue weighted by Gasteiger charge is -2.11. The van der Waals surface area contributed by atoms with Gasteiger partial charge in [-0.1, -0.05) is 29.8 Å². The maximum Gasteiger partial charge on any atom is 0.315 e. The molecule has 0 aromatic heterocycles. The molecule has 2 amide bonds. The zero-order valence-electron chi connectivity index (χ0n) is 13.1. The van der Waals surface area contributed by atoms with Gasteiger partial charge in [0.2, 0.25) is 0 Å². The van der Waals surface area contributed by atoms with Crippen molar-refractivity contribution in [1.82, 2.24) is 10.6 Å². The van der Waals surface area contributed by atoms with Crippen molar-refractivity contribution in [3.8, 4) is 11.5 Å². The van der Waals surface area contributed by atoms with Gasteiger partial charge in [-0.05, 0) is 24.3 Å². The van der Waals surface area contributed by atoms with Crippen LogP contribution >= 0.6 is 11.6 Å². The lowest BCUT2D eigenvalue weighted by molar-refractivity contribution is 0.236. The molecule has 5 nitrogen and oxygen atoms in total. The third-order valence-corrected chi connectivity index (χ3v) is 3.47. The van der Waals surface area contributed by atoms with Gasteiger partial charge >= 0.3 is 6.03 Å². The van der Waals surface area contributed by atoms with Crippen LogP contribution in [0.3, 0.4) is 0 Å². The molecule has 24 heavy (non-hydrogen) atoms. The predicted octanol–water partition coefficient (Wildman–Crippen LogP) is 3.37. The molecule has 128 valence electrons. The lowest BCUT2D eigenvalue weighted by atomic mass is 10.2. The molecule has 0 aliphatic heterocycles. The largest absolute Gasteiger partial charge is 0.496 e. The summed E-state index contributed by atoms with van der Waals surface area (Å²) in [6.07, 6.45) is 0. The molecular weight excluding hydrogens is 335 g/mol. The third kappa shape index (κ3) is 5.31. The summed E-state index contributed by atoms with van der Waals surface area (Å²) in [6, 6.07) is 11.0. The van der Waals surface area contributed by atoms with Gasteiger partial charge in [0.25, 0.3) is 0 Å². The summed E-state index contributed by atoms with van der Waals surface area (Å²) in [7, 11) is 1.58. The van der Waals surface area contributed by atoms with E-state index in [4.69, 9.17) is 21.1 Å². The molecule has 0 saturated heterocycles. The molecule has 2 rings (SSSR count). The van der Waals surface area contributed by atoms with Crippen molar-refractivity contribution in [1.29, 1.82) is 0 Å². The second kappa shape index (κ2) is 8.98. The van der Waals surface area contributed by atoms with E-state index in [9.17, 15) is 9.18 Å². The highest BCUT2D eigenvalue weighted by Crippen LogP contribution is 2.24. The molecule has 0 aliphatic rings. The first-order valence-electron chi connectivity index (χ1n) is 7.31. The number of carbonyl (C=O) groups excluding carboxylic acids is 1. The van der Waals surface area contributed by atoms with Gasteiger partial charge in [0, 0.05) is 12.1 Å². The summed E-state index contributed by atoms with van der Waals surface area (Å²) in [5.41, 5.74) is 0.879. The standard InChI is InChI=1S/C17H18ClFN2O3/c1-23-15-5-3-2-4-12(15)11-21-17(22)20-8-9-24-16-7-6-13(19)10-14(16)18/h2-7,10H,8-9,11H2,1H3,(H2,20,21,22). The highest BCUT2D eigenvalue weighted by atomic mass is 35.5. The Morgan fingerprint density at radius 1 is 1.17 bits per heavy atom. The minimum atomic E-state index is -0.429. The van der Waals surface area contributed by atoms with Gasteiger partial charge in [-0.15, -0.1) is 0 Å². The van der Waals surface area contributed by atoms with Crippen LogP contribution in [0.5, 0.6) is 11.5 Å². The first-order chi connectivity index (χ1) is 11.6. The van der Waals surface area contributed by atoms with E-state index < -0.39 is 5.82 Å². The Bertz CT molecular complexity index is 697. The number of rotatable bonds is 7.